The molecule has 0 radical (unpaired) electrons. The summed E-state index contributed by atoms with van der Waals surface area (Å²) in [6, 6.07) is 3.42. The number of anilines is 1. The van der Waals surface area contributed by atoms with Gasteiger partial charge in [0.1, 0.15) is 5.82 Å². The molecule has 0 spiro atoms. The summed E-state index contributed by atoms with van der Waals surface area (Å²) in [5, 5.41) is 5.00. The number of primary sulfonamides is 1. The van der Waals surface area contributed by atoms with E-state index in [4.69, 9.17) is 9.88 Å². The molecule has 0 bridgehead atoms. The first kappa shape index (κ1) is 17.4. The first-order chi connectivity index (χ1) is 10.7. The largest absolute Gasteiger partial charge is 0.462 e. The van der Waals surface area contributed by atoms with E-state index in [-0.39, 0.29) is 42.5 Å². The summed E-state index contributed by atoms with van der Waals surface area (Å²) in [5.41, 5.74) is 0.128. The number of hydrogen-bond acceptors (Lipinski definition) is 5. The molecular weight excluding hydrogens is 327 g/mol. The normalized spacial score (nSPS) is 18.3. The van der Waals surface area contributed by atoms with Crippen LogP contribution >= 0.6 is 0 Å². The maximum absolute atomic E-state index is 13.4. The molecule has 2 N–H and O–H groups in total. The average Bonchev–Trinajstić information content (AvgIpc) is 2.77. The molecule has 1 aromatic rings. The maximum Gasteiger partial charge on any atom is 0.340 e. The number of nitrogens with two attached hydrogens (primary N) is 1. The van der Waals surface area contributed by atoms with Crippen LogP contribution in [-0.4, -0.2) is 39.2 Å². The molecule has 126 valence electrons. The van der Waals surface area contributed by atoms with Crippen molar-refractivity contribution in [1.82, 2.24) is 0 Å². The Morgan fingerprint density at radius 2 is 2.17 bits per heavy atom. The molecule has 1 aliphatic rings. The highest BCUT2D eigenvalue weighted by molar-refractivity contribution is 7.89. The minimum Gasteiger partial charge on any atom is -0.462 e. The Kier molecular flexibility index (Phi) is 5.00. The van der Waals surface area contributed by atoms with Crippen LogP contribution < -0.4 is 10.0 Å². The van der Waals surface area contributed by atoms with Crippen molar-refractivity contribution in [3.8, 4) is 0 Å². The SMILES string of the molecule is CCOC(=O)c1cc(F)ccc1N1CC(CS(N)(=O)=O)CC1=O. The molecule has 1 atom stereocenters. The molecule has 1 fully saturated rings. The summed E-state index contributed by atoms with van der Waals surface area (Å²) < 4.78 is 40.6. The quantitative estimate of drug-likeness (QED) is 0.789. The second kappa shape index (κ2) is 6.63. The predicted molar refractivity (Wildman–Crippen MR) is 80.8 cm³/mol. The fourth-order valence-corrected chi connectivity index (χ4v) is 3.45. The van der Waals surface area contributed by atoms with Crippen LogP contribution in [0, 0.1) is 11.7 Å². The second-order valence-electron chi connectivity index (χ2n) is 5.29. The minimum atomic E-state index is -3.71. The zero-order valence-electron chi connectivity index (χ0n) is 12.5. The lowest BCUT2D eigenvalue weighted by Crippen LogP contribution is -2.29. The molecule has 0 aromatic heterocycles. The lowest BCUT2D eigenvalue weighted by Gasteiger charge is -2.19. The second-order valence-corrected chi connectivity index (χ2v) is 6.95. The van der Waals surface area contributed by atoms with E-state index in [1.165, 1.54) is 11.0 Å². The number of hydrogen-bond donors (Lipinski definition) is 1. The van der Waals surface area contributed by atoms with E-state index in [0.29, 0.717) is 0 Å². The van der Waals surface area contributed by atoms with Gasteiger partial charge in [0, 0.05) is 18.9 Å². The van der Waals surface area contributed by atoms with Crippen LogP contribution in [0.15, 0.2) is 18.2 Å². The first-order valence-corrected chi connectivity index (χ1v) is 8.70. The van der Waals surface area contributed by atoms with E-state index in [2.05, 4.69) is 0 Å². The van der Waals surface area contributed by atoms with E-state index in [9.17, 15) is 22.4 Å². The third-order valence-corrected chi connectivity index (χ3v) is 4.35. The number of nitrogens with zero attached hydrogens (tertiary/aromatic N) is 1. The Balaban J connectivity index is 2.31. The number of ether oxygens (including phenoxy) is 1. The van der Waals surface area contributed by atoms with E-state index in [1.54, 1.807) is 6.92 Å². The third-order valence-electron chi connectivity index (χ3n) is 3.42. The summed E-state index contributed by atoms with van der Waals surface area (Å²) >= 11 is 0. The number of benzene rings is 1. The number of amides is 1. The van der Waals surface area contributed by atoms with Crippen LogP contribution in [0.4, 0.5) is 10.1 Å². The lowest BCUT2D eigenvalue weighted by atomic mass is 10.1. The summed E-state index contributed by atoms with van der Waals surface area (Å²) in [4.78, 5) is 25.3. The van der Waals surface area contributed by atoms with Gasteiger partial charge in [-0.1, -0.05) is 0 Å². The van der Waals surface area contributed by atoms with Crippen LogP contribution in [-0.2, 0) is 19.6 Å². The number of carbonyl (C=O) groups excluding carboxylic acids is 2. The van der Waals surface area contributed by atoms with Gasteiger partial charge in [-0.25, -0.2) is 22.7 Å². The highest BCUT2D eigenvalue weighted by Crippen LogP contribution is 2.29. The average molecular weight is 344 g/mol. The van der Waals surface area contributed by atoms with Gasteiger partial charge in [0.25, 0.3) is 0 Å². The number of esters is 1. The van der Waals surface area contributed by atoms with Gasteiger partial charge in [-0.05, 0) is 25.1 Å². The molecule has 9 heteroatoms. The molecule has 2 rings (SSSR count). The smallest absolute Gasteiger partial charge is 0.340 e. The molecule has 1 saturated heterocycles. The van der Waals surface area contributed by atoms with E-state index in [0.717, 1.165) is 12.1 Å². The summed E-state index contributed by atoms with van der Waals surface area (Å²) in [6.07, 6.45) is -0.00390. The fourth-order valence-electron chi connectivity index (χ4n) is 2.57. The molecule has 1 amide bonds. The highest BCUT2D eigenvalue weighted by atomic mass is 32.2. The van der Waals surface area contributed by atoms with E-state index in [1.807, 2.05) is 0 Å². The van der Waals surface area contributed by atoms with Gasteiger partial charge < -0.3 is 9.64 Å². The first-order valence-electron chi connectivity index (χ1n) is 6.98. The topological polar surface area (TPSA) is 107 Å². The minimum absolute atomic E-state index is 0.00390. The van der Waals surface area contributed by atoms with Crippen molar-refractivity contribution in [3.05, 3.63) is 29.6 Å². The van der Waals surface area contributed by atoms with Crippen molar-refractivity contribution in [2.45, 2.75) is 13.3 Å². The van der Waals surface area contributed by atoms with Crippen molar-refractivity contribution in [3.63, 3.8) is 0 Å². The predicted octanol–water partition coefficient (Wildman–Crippen LogP) is 0.644. The van der Waals surface area contributed by atoms with Gasteiger partial charge in [-0.15, -0.1) is 0 Å². The molecule has 1 heterocycles. The van der Waals surface area contributed by atoms with Crippen LogP contribution in [0.3, 0.4) is 0 Å². The summed E-state index contributed by atoms with van der Waals surface area (Å²) in [5.74, 6) is -2.53. The Bertz CT molecular complexity index is 735. The van der Waals surface area contributed by atoms with Crippen molar-refractivity contribution in [1.29, 1.82) is 0 Å². The Labute approximate surface area is 133 Å². The molecule has 0 aliphatic carbocycles. The molecule has 23 heavy (non-hydrogen) atoms. The van der Waals surface area contributed by atoms with Crippen LogP contribution in [0.25, 0.3) is 0 Å². The van der Waals surface area contributed by atoms with Gasteiger partial charge >= 0.3 is 5.97 Å². The fraction of sp³-hybridized carbons (Fsp3) is 0.429. The van der Waals surface area contributed by atoms with Crippen molar-refractivity contribution < 1.29 is 27.1 Å². The number of rotatable bonds is 5. The summed E-state index contributed by atoms with van der Waals surface area (Å²) in [6.45, 7) is 1.81. The lowest BCUT2D eigenvalue weighted by molar-refractivity contribution is -0.117. The molecule has 1 unspecified atom stereocenters. The van der Waals surface area contributed by atoms with Gasteiger partial charge in [0.2, 0.25) is 15.9 Å². The van der Waals surface area contributed by atoms with Crippen LogP contribution in [0.1, 0.15) is 23.7 Å². The van der Waals surface area contributed by atoms with Crippen LogP contribution in [0.2, 0.25) is 0 Å². The van der Waals surface area contributed by atoms with Crippen molar-refractivity contribution in [2.75, 3.05) is 23.8 Å². The molecule has 1 aromatic carbocycles. The van der Waals surface area contributed by atoms with E-state index >= 15 is 0 Å². The Morgan fingerprint density at radius 3 is 2.78 bits per heavy atom. The highest BCUT2D eigenvalue weighted by Gasteiger charge is 2.34. The van der Waals surface area contributed by atoms with Gasteiger partial charge in [0.15, 0.2) is 0 Å². The van der Waals surface area contributed by atoms with Gasteiger partial charge in [-0.2, -0.15) is 0 Å². The zero-order chi connectivity index (χ0) is 17.2. The summed E-state index contributed by atoms with van der Waals surface area (Å²) in [7, 11) is -3.71. The zero-order valence-corrected chi connectivity index (χ0v) is 13.3. The monoisotopic (exact) mass is 344 g/mol. The van der Waals surface area contributed by atoms with E-state index < -0.39 is 27.7 Å². The maximum atomic E-state index is 13.4. The Morgan fingerprint density at radius 1 is 1.48 bits per heavy atom. The number of carbonyl (C=O) groups is 2. The van der Waals surface area contributed by atoms with Gasteiger partial charge in [0.05, 0.1) is 23.6 Å². The van der Waals surface area contributed by atoms with Gasteiger partial charge in [-0.3, -0.25) is 4.79 Å². The van der Waals surface area contributed by atoms with Crippen molar-refractivity contribution >= 4 is 27.6 Å². The molecular formula is C14H17FN2O5S. The molecule has 0 saturated carbocycles. The molecule has 1 aliphatic heterocycles. The number of sulfonamides is 1. The standard InChI is InChI=1S/C14H17FN2O5S/c1-2-22-14(19)11-6-10(15)3-4-12(11)17-7-9(5-13(17)18)8-23(16,20)21/h3-4,6,9H,2,5,7-8H2,1H3,(H2,16,20,21). The van der Waals surface area contributed by atoms with Crippen LogP contribution in [0.5, 0.6) is 0 Å². The number of halogens is 1. The third kappa shape index (κ3) is 4.26. The van der Waals surface area contributed by atoms with Crippen molar-refractivity contribution in [2.24, 2.45) is 11.1 Å². The molecule has 7 nitrogen and oxygen atoms in total. The Hall–Kier alpha value is -2.00.